The van der Waals surface area contributed by atoms with Crippen molar-refractivity contribution in [3.8, 4) is 0 Å². The molecular weight excluding hydrogens is 468 g/mol. The van der Waals surface area contributed by atoms with Gasteiger partial charge in [0.2, 0.25) is 0 Å². The Morgan fingerprint density at radius 2 is 1.38 bits per heavy atom. The van der Waals surface area contributed by atoms with Crippen LogP contribution in [0.15, 0.2) is 0 Å². The number of aliphatic hydroxyl groups is 1. The van der Waals surface area contributed by atoms with Gasteiger partial charge in [-0.3, -0.25) is 4.79 Å². The lowest BCUT2D eigenvalue weighted by Crippen LogP contribution is -2.36. The highest BCUT2D eigenvalue weighted by atomic mass is 32.2. The van der Waals surface area contributed by atoms with Crippen LogP contribution >= 0.6 is 11.8 Å². The highest BCUT2D eigenvalue weighted by Crippen LogP contribution is 2.33. The van der Waals surface area contributed by atoms with E-state index in [1.165, 1.54) is 0 Å². The van der Waals surface area contributed by atoms with Crippen molar-refractivity contribution in [3.05, 3.63) is 0 Å². The molecule has 2 saturated heterocycles. The molecule has 3 atom stereocenters. The Kier molecular flexibility index (Phi) is 16.3. The zero-order valence-corrected chi connectivity index (χ0v) is 20.7. The van der Waals surface area contributed by atoms with Crippen LogP contribution in [0.5, 0.6) is 0 Å². The largest absolute Gasteiger partial charge is 0.463 e. The summed E-state index contributed by atoms with van der Waals surface area (Å²) in [5.74, 6) is 0.751. The smallest absolute Gasteiger partial charge is 0.315 e. The Morgan fingerprint density at radius 3 is 1.97 bits per heavy atom. The summed E-state index contributed by atoms with van der Waals surface area (Å²) in [5, 5.41) is 14.9. The van der Waals surface area contributed by atoms with E-state index in [1.807, 2.05) is 11.8 Å². The number of carbonyl (C=O) groups excluding carboxylic acids is 2. The van der Waals surface area contributed by atoms with E-state index >= 15 is 0 Å². The molecule has 2 aliphatic rings. The third-order valence-electron chi connectivity index (χ3n) is 5.27. The molecule has 2 heterocycles. The maximum Gasteiger partial charge on any atom is 0.315 e. The molecule has 0 aliphatic carbocycles. The Morgan fingerprint density at radius 1 is 0.824 bits per heavy atom. The lowest BCUT2D eigenvalue weighted by atomic mass is 10.0. The molecule has 0 radical (unpaired) electrons. The number of hydrogen-bond donors (Lipinski definition) is 3. The summed E-state index contributed by atoms with van der Waals surface area (Å²) in [6.45, 7) is 4.69. The van der Waals surface area contributed by atoms with E-state index in [-0.39, 0.29) is 37.3 Å². The van der Waals surface area contributed by atoms with E-state index in [0.29, 0.717) is 77.7 Å². The number of fused-ring (bicyclic) bond motifs is 1. The SMILES string of the molecule is O=C1N[C@H]2[C@H](CS[C@H]2CCCCC(=O)OCCOCCOCCOCCOCCOCCO)N1. The van der Waals surface area contributed by atoms with Gasteiger partial charge in [-0.15, -0.1) is 0 Å². The highest BCUT2D eigenvalue weighted by Gasteiger charge is 2.42. The molecule has 0 spiro atoms. The zero-order chi connectivity index (χ0) is 24.3. The first-order valence-corrected chi connectivity index (χ1v) is 13.1. The van der Waals surface area contributed by atoms with Crippen LogP contribution in [-0.4, -0.2) is 119 Å². The minimum atomic E-state index is -0.202. The predicted molar refractivity (Wildman–Crippen MR) is 126 cm³/mol. The van der Waals surface area contributed by atoms with Gasteiger partial charge >= 0.3 is 12.0 Å². The average molecular weight is 509 g/mol. The second-order valence-electron chi connectivity index (χ2n) is 7.87. The fourth-order valence-electron chi connectivity index (χ4n) is 3.59. The summed E-state index contributed by atoms with van der Waals surface area (Å²) in [6.07, 6.45) is 3.12. The standard InChI is InChI=1S/C22H40N2O9S/c25-5-6-28-7-8-29-9-10-30-11-12-31-13-14-32-15-16-33-20(26)4-2-1-3-19-21-18(17-34-19)23-22(27)24-21/h18-19,21,25H,1-17H2,(H2,23,24,27)/t18-,19-,21-/m0/s1. The molecule has 0 unspecified atom stereocenters. The van der Waals surface area contributed by atoms with Gasteiger partial charge in [-0.1, -0.05) is 6.42 Å². The number of ether oxygens (including phenoxy) is 6. The second kappa shape index (κ2) is 19.1. The number of aliphatic hydroxyl groups excluding tert-OH is 1. The van der Waals surface area contributed by atoms with Gasteiger partial charge < -0.3 is 44.2 Å². The number of esters is 1. The fraction of sp³-hybridized carbons (Fsp3) is 0.909. The Hall–Kier alpha value is -1.15. The number of nitrogens with one attached hydrogen (secondary N) is 2. The Labute approximate surface area is 205 Å². The molecule has 0 aromatic carbocycles. The number of carbonyl (C=O) groups is 2. The molecule has 0 aromatic heterocycles. The number of unbranched alkanes of at least 4 members (excludes halogenated alkanes) is 1. The van der Waals surface area contributed by atoms with Crippen molar-refractivity contribution >= 4 is 23.8 Å². The normalized spacial score (nSPS) is 21.3. The van der Waals surface area contributed by atoms with Gasteiger partial charge in [0.05, 0.1) is 84.8 Å². The summed E-state index contributed by atoms with van der Waals surface area (Å²) in [6, 6.07) is 0.390. The maximum atomic E-state index is 11.8. The summed E-state index contributed by atoms with van der Waals surface area (Å²) in [5.41, 5.74) is 0. The molecule has 2 fully saturated rings. The number of thioether (sulfide) groups is 1. The monoisotopic (exact) mass is 508 g/mol. The minimum Gasteiger partial charge on any atom is -0.463 e. The molecule has 0 aromatic rings. The third kappa shape index (κ3) is 13.1. The molecule has 2 amide bonds. The first kappa shape index (κ1) is 29.1. The molecule has 3 N–H and O–H groups in total. The molecule has 0 bridgehead atoms. The summed E-state index contributed by atoms with van der Waals surface area (Å²) >= 11 is 1.89. The third-order valence-corrected chi connectivity index (χ3v) is 6.78. The zero-order valence-electron chi connectivity index (χ0n) is 19.9. The molecule has 2 rings (SSSR count). The van der Waals surface area contributed by atoms with E-state index in [9.17, 15) is 9.59 Å². The van der Waals surface area contributed by atoms with Crippen molar-refractivity contribution in [1.82, 2.24) is 10.6 Å². The van der Waals surface area contributed by atoms with Crippen LogP contribution in [0.25, 0.3) is 0 Å². The topological polar surface area (TPSA) is 134 Å². The number of amides is 2. The van der Waals surface area contributed by atoms with Crippen molar-refractivity contribution < 1.29 is 43.1 Å². The van der Waals surface area contributed by atoms with Gasteiger partial charge in [0.1, 0.15) is 6.61 Å². The van der Waals surface area contributed by atoms with Crippen LogP contribution in [0, 0.1) is 0 Å². The lowest BCUT2D eigenvalue weighted by Gasteiger charge is -2.16. The van der Waals surface area contributed by atoms with Crippen LogP contribution in [0.3, 0.4) is 0 Å². The van der Waals surface area contributed by atoms with Crippen LogP contribution in [0.2, 0.25) is 0 Å². The summed E-state index contributed by atoms with van der Waals surface area (Å²) in [7, 11) is 0. The van der Waals surface area contributed by atoms with Crippen LogP contribution in [0.4, 0.5) is 4.79 Å². The van der Waals surface area contributed by atoms with E-state index in [2.05, 4.69) is 10.6 Å². The summed E-state index contributed by atoms with van der Waals surface area (Å²) < 4.78 is 31.7. The average Bonchev–Trinajstić information content (AvgIpc) is 3.38. The van der Waals surface area contributed by atoms with Crippen molar-refractivity contribution in [2.75, 3.05) is 85.0 Å². The Bertz CT molecular complexity index is 558. The fourth-order valence-corrected chi connectivity index (χ4v) is 5.13. The lowest BCUT2D eigenvalue weighted by molar-refractivity contribution is -0.145. The highest BCUT2D eigenvalue weighted by molar-refractivity contribution is 8.00. The van der Waals surface area contributed by atoms with Crippen LogP contribution < -0.4 is 10.6 Å². The number of rotatable bonds is 22. The van der Waals surface area contributed by atoms with Gasteiger partial charge in [-0.25, -0.2) is 4.79 Å². The van der Waals surface area contributed by atoms with E-state index in [4.69, 9.17) is 33.5 Å². The van der Waals surface area contributed by atoms with Crippen molar-refractivity contribution in [3.63, 3.8) is 0 Å². The molecule has 0 saturated carbocycles. The van der Waals surface area contributed by atoms with Gasteiger partial charge in [-0.05, 0) is 12.8 Å². The van der Waals surface area contributed by atoms with Crippen molar-refractivity contribution in [2.24, 2.45) is 0 Å². The van der Waals surface area contributed by atoms with Crippen molar-refractivity contribution in [1.29, 1.82) is 0 Å². The quantitative estimate of drug-likeness (QED) is 0.107. The molecule has 34 heavy (non-hydrogen) atoms. The molecule has 2 aliphatic heterocycles. The Balaban J connectivity index is 1.26. The number of hydrogen-bond acceptors (Lipinski definition) is 10. The first-order valence-electron chi connectivity index (χ1n) is 12.0. The van der Waals surface area contributed by atoms with E-state index < -0.39 is 0 Å². The van der Waals surface area contributed by atoms with E-state index in [1.54, 1.807) is 0 Å². The molecule has 11 nitrogen and oxygen atoms in total. The molecular formula is C22H40N2O9S. The van der Waals surface area contributed by atoms with Gasteiger partial charge in [0, 0.05) is 17.4 Å². The maximum absolute atomic E-state index is 11.8. The van der Waals surface area contributed by atoms with Gasteiger partial charge in [-0.2, -0.15) is 11.8 Å². The first-order chi connectivity index (χ1) is 16.7. The van der Waals surface area contributed by atoms with Gasteiger partial charge in [0.25, 0.3) is 0 Å². The van der Waals surface area contributed by atoms with Crippen LogP contribution in [-0.2, 0) is 33.2 Å². The second-order valence-corrected chi connectivity index (χ2v) is 9.15. The van der Waals surface area contributed by atoms with E-state index in [0.717, 1.165) is 25.0 Å². The predicted octanol–water partition coefficient (Wildman–Crippen LogP) is 0.331. The number of urea groups is 1. The molecule has 198 valence electrons. The van der Waals surface area contributed by atoms with Crippen molar-refractivity contribution in [2.45, 2.75) is 43.0 Å². The summed E-state index contributed by atoms with van der Waals surface area (Å²) in [4.78, 5) is 23.2. The van der Waals surface area contributed by atoms with Gasteiger partial charge in [0.15, 0.2) is 0 Å². The van der Waals surface area contributed by atoms with Crippen LogP contribution in [0.1, 0.15) is 25.7 Å². The molecule has 12 heteroatoms. The minimum absolute atomic E-state index is 0.0195.